The Hall–Kier alpha value is -1.78. The van der Waals surface area contributed by atoms with Crippen LogP contribution in [-0.2, 0) is 18.3 Å². The maximum atomic E-state index is 11.5. The third-order valence-corrected chi connectivity index (χ3v) is 6.69. The van der Waals surface area contributed by atoms with Gasteiger partial charge in [-0.1, -0.05) is 0 Å². The van der Waals surface area contributed by atoms with E-state index in [1.54, 1.807) is 0 Å². The van der Waals surface area contributed by atoms with Gasteiger partial charge in [0.1, 0.15) is 30.2 Å². The lowest BCUT2D eigenvalue weighted by Crippen LogP contribution is -2.39. The Labute approximate surface area is 209 Å². The number of imidazole rings is 1. The molecule has 0 radical (unpaired) electrons. The summed E-state index contributed by atoms with van der Waals surface area (Å²) in [6.07, 6.45) is 3.56. The van der Waals surface area contributed by atoms with Crippen molar-refractivity contribution in [2.75, 3.05) is 51.6 Å². The minimum absolute atomic E-state index is 0.157. The van der Waals surface area contributed by atoms with E-state index in [0.717, 1.165) is 52.1 Å². The lowest BCUT2D eigenvalue weighted by molar-refractivity contribution is -0.0664. The number of nitrogens with one attached hydrogen (secondary N) is 2. The van der Waals surface area contributed by atoms with Gasteiger partial charge in [-0.2, -0.15) is 0 Å². The molecule has 2 fully saturated rings. The zero-order valence-corrected chi connectivity index (χ0v) is 21.1. The molecule has 2 aromatic heterocycles. The van der Waals surface area contributed by atoms with E-state index in [4.69, 9.17) is 26.5 Å². The van der Waals surface area contributed by atoms with Crippen molar-refractivity contribution in [1.82, 2.24) is 30.2 Å². The van der Waals surface area contributed by atoms with Crippen LogP contribution in [0, 0.1) is 0 Å². The molecule has 1 unspecified atom stereocenters. The average molecular weight is 532 g/mol. The van der Waals surface area contributed by atoms with Gasteiger partial charge in [-0.3, -0.25) is 13.6 Å². The molecule has 36 heavy (non-hydrogen) atoms. The first-order valence-corrected chi connectivity index (χ1v) is 13.6. The summed E-state index contributed by atoms with van der Waals surface area (Å²) in [5.74, 6) is 0.202. The number of hydrogen-bond acceptors (Lipinski definition) is 13. The summed E-state index contributed by atoms with van der Waals surface area (Å²) >= 11 is 0. The Morgan fingerprint density at radius 3 is 2.33 bits per heavy atom. The van der Waals surface area contributed by atoms with Crippen molar-refractivity contribution in [2.24, 2.45) is 11.5 Å². The molecule has 16 heteroatoms. The van der Waals surface area contributed by atoms with E-state index >= 15 is 0 Å². The summed E-state index contributed by atoms with van der Waals surface area (Å²) in [5.41, 5.74) is 17.2. The molecule has 4 rings (SSSR count). The fraction of sp³-hybridized carbons (Fsp3) is 0.750. The van der Waals surface area contributed by atoms with E-state index in [-0.39, 0.29) is 12.4 Å². The normalized spacial score (nSPS) is 27.6. The largest absolute Gasteiger partial charge is 0.472 e. The molecule has 0 amide bonds. The summed E-state index contributed by atoms with van der Waals surface area (Å²) < 4.78 is 28.2. The van der Waals surface area contributed by atoms with Crippen LogP contribution in [0.3, 0.4) is 0 Å². The first-order chi connectivity index (χ1) is 17.4. The fourth-order valence-corrected chi connectivity index (χ4v) is 4.79. The smallest absolute Gasteiger partial charge is 0.386 e. The number of rotatable bonds is 12. The van der Waals surface area contributed by atoms with Gasteiger partial charge in [-0.15, -0.1) is 0 Å². The molecule has 5 atom stereocenters. The highest BCUT2D eigenvalue weighted by Gasteiger charge is 2.52. The van der Waals surface area contributed by atoms with Crippen LogP contribution in [0.2, 0.25) is 0 Å². The molecule has 204 valence electrons. The van der Waals surface area contributed by atoms with Gasteiger partial charge in [0.2, 0.25) is 0 Å². The van der Waals surface area contributed by atoms with E-state index in [9.17, 15) is 14.6 Å². The highest BCUT2D eigenvalue weighted by molar-refractivity contribution is 7.47. The number of aromatic nitrogens is 4. The van der Waals surface area contributed by atoms with Crippen LogP contribution in [-0.4, -0.2) is 93.7 Å². The van der Waals surface area contributed by atoms with Crippen molar-refractivity contribution < 1.29 is 28.3 Å². The molecular weight excluding hydrogens is 493 g/mol. The number of phosphoric ester groups is 1. The molecule has 4 heterocycles. The molecule has 0 spiro atoms. The standard InChI is InChI=1S/C10H12N5O6P.C10H26N4/c11-8-5-9(13-2-12-8)15(3-14-5)10-6(16)7-4(20-10)1-19-22(17,18)21-7;11-5-3-9-13-7-1-2-8-14-10-4-6-12/h2-4,6-7,10,16H,1H2,(H,17,18)(H2,11,12,13);13-14H,1-12H2/t4-,6-,7-,10-;/m1./s1. The van der Waals surface area contributed by atoms with Gasteiger partial charge in [0, 0.05) is 0 Å². The molecule has 2 aromatic rings. The van der Waals surface area contributed by atoms with Crippen molar-refractivity contribution in [3.8, 4) is 0 Å². The number of nitrogens with zero attached hydrogens (tertiary/aromatic N) is 4. The number of anilines is 1. The summed E-state index contributed by atoms with van der Waals surface area (Å²) in [6.45, 7) is 5.74. The van der Waals surface area contributed by atoms with Crippen molar-refractivity contribution in [2.45, 2.75) is 50.2 Å². The average Bonchev–Trinajstić information content (AvgIpc) is 3.42. The van der Waals surface area contributed by atoms with E-state index in [0.29, 0.717) is 11.2 Å². The van der Waals surface area contributed by atoms with Gasteiger partial charge in [0.25, 0.3) is 0 Å². The van der Waals surface area contributed by atoms with Crippen LogP contribution in [0.4, 0.5) is 5.82 Å². The maximum Gasteiger partial charge on any atom is 0.472 e. The maximum absolute atomic E-state index is 11.5. The molecule has 2 saturated heterocycles. The van der Waals surface area contributed by atoms with Gasteiger partial charge < -0.3 is 42.6 Å². The highest BCUT2D eigenvalue weighted by atomic mass is 31.2. The van der Waals surface area contributed by atoms with E-state index in [2.05, 4.69) is 30.1 Å². The Morgan fingerprint density at radius 2 is 1.69 bits per heavy atom. The van der Waals surface area contributed by atoms with Crippen LogP contribution < -0.4 is 27.8 Å². The van der Waals surface area contributed by atoms with Gasteiger partial charge in [0.05, 0.1) is 12.9 Å². The van der Waals surface area contributed by atoms with E-state index in [1.807, 2.05) is 0 Å². The van der Waals surface area contributed by atoms with Crippen molar-refractivity contribution in [3.63, 3.8) is 0 Å². The van der Waals surface area contributed by atoms with Crippen LogP contribution >= 0.6 is 7.82 Å². The number of nitrogens with two attached hydrogens (primary N) is 3. The molecule has 0 bridgehead atoms. The molecular formula is C20H38N9O6P. The zero-order valence-electron chi connectivity index (χ0n) is 20.2. The van der Waals surface area contributed by atoms with E-state index < -0.39 is 32.4 Å². The van der Waals surface area contributed by atoms with Crippen LogP contribution in [0.1, 0.15) is 31.9 Å². The third-order valence-electron chi connectivity index (χ3n) is 5.70. The lowest BCUT2D eigenvalue weighted by Gasteiger charge is -2.27. The minimum atomic E-state index is -4.16. The second-order valence-electron chi connectivity index (χ2n) is 8.46. The number of hydrogen-bond donors (Lipinski definition) is 7. The number of nitrogen functional groups attached to an aromatic ring is 1. The molecule has 10 N–H and O–H groups in total. The lowest BCUT2D eigenvalue weighted by atomic mass is 10.1. The molecule has 0 aliphatic carbocycles. The molecule has 15 nitrogen and oxygen atoms in total. The number of ether oxygens (including phenoxy) is 1. The van der Waals surface area contributed by atoms with Gasteiger partial charge in [-0.25, -0.2) is 19.5 Å². The predicted octanol–water partition coefficient (Wildman–Crippen LogP) is -1.17. The second kappa shape index (κ2) is 14.2. The topological polar surface area (TPSA) is 231 Å². The Morgan fingerprint density at radius 1 is 1.06 bits per heavy atom. The first-order valence-electron chi connectivity index (χ1n) is 12.1. The number of fused-ring (bicyclic) bond motifs is 2. The van der Waals surface area contributed by atoms with Crippen LogP contribution in [0.5, 0.6) is 0 Å². The highest BCUT2D eigenvalue weighted by Crippen LogP contribution is 2.52. The summed E-state index contributed by atoms with van der Waals surface area (Å²) in [7, 11) is -4.16. The molecule has 0 aromatic carbocycles. The Kier molecular flexibility index (Phi) is 11.4. The van der Waals surface area contributed by atoms with Crippen LogP contribution in [0.25, 0.3) is 11.2 Å². The van der Waals surface area contributed by atoms with Gasteiger partial charge in [-0.05, 0) is 65.0 Å². The van der Waals surface area contributed by atoms with E-state index in [1.165, 1.54) is 30.1 Å². The molecule has 0 saturated carbocycles. The molecule has 2 aliphatic rings. The van der Waals surface area contributed by atoms with Crippen LogP contribution in [0.15, 0.2) is 12.7 Å². The quantitative estimate of drug-likeness (QED) is 0.126. The number of aliphatic hydroxyl groups excluding tert-OH is 1. The minimum Gasteiger partial charge on any atom is -0.386 e. The second-order valence-corrected chi connectivity index (χ2v) is 9.87. The SMILES string of the molecule is NCCCNCCCCNCCCN.Nc1ncnc2c1ncn2[C@@H]1O[C@@H]2COP(=O)(O)O[C@H]2[C@H]1O. The van der Waals surface area contributed by atoms with Crippen molar-refractivity contribution in [1.29, 1.82) is 0 Å². The number of aliphatic hydroxyl groups is 1. The van der Waals surface area contributed by atoms with Crippen molar-refractivity contribution >= 4 is 24.8 Å². The summed E-state index contributed by atoms with van der Waals surface area (Å²) in [4.78, 5) is 21.3. The number of unbranched alkanes of at least 4 members (excludes halogenated alkanes) is 1. The zero-order chi connectivity index (χ0) is 26.0. The number of phosphoric acid groups is 1. The Bertz CT molecular complexity index is 970. The van der Waals surface area contributed by atoms with Gasteiger partial charge in [0.15, 0.2) is 17.7 Å². The van der Waals surface area contributed by atoms with Crippen molar-refractivity contribution in [3.05, 3.63) is 12.7 Å². The Balaban J connectivity index is 0.000000226. The summed E-state index contributed by atoms with van der Waals surface area (Å²) in [5, 5.41) is 17.1. The first kappa shape index (κ1) is 28.8. The third kappa shape index (κ3) is 7.86. The van der Waals surface area contributed by atoms with Gasteiger partial charge >= 0.3 is 7.82 Å². The fourth-order valence-electron chi connectivity index (χ4n) is 3.83. The predicted molar refractivity (Wildman–Crippen MR) is 133 cm³/mol. The molecule has 2 aliphatic heterocycles. The monoisotopic (exact) mass is 531 g/mol. The summed E-state index contributed by atoms with van der Waals surface area (Å²) in [6, 6.07) is 0.